The summed E-state index contributed by atoms with van der Waals surface area (Å²) in [5.74, 6) is 0.569. The van der Waals surface area contributed by atoms with Crippen molar-refractivity contribution in [2.24, 2.45) is 0 Å². The van der Waals surface area contributed by atoms with Crippen LogP contribution in [0.3, 0.4) is 0 Å². The van der Waals surface area contributed by atoms with Gasteiger partial charge in [-0.25, -0.2) is 4.98 Å². The highest BCUT2D eigenvalue weighted by Gasteiger charge is 2.38. The lowest BCUT2D eigenvalue weighted by molar-refractivity contribution is 0.111. The fraction of sp³-hybridized carbons (Fsp3) is 0.636. The first-order chi connectivity index (χ1) is 6.70. The van der Waals surface area contributed by atoms with E-state index in [9.17, 15) is 4.79 Å². The van der Waals surface area contributed by atoms with Crippen LogP contribution in [0.15, 0.2) is 6.20 Å². The highest BCUT2D eigenvalue weighted by Crippen LogP contribution is 2.37. The first kappa shape index (κ1) is 12.2. The summed E-state index contributed by atoms with van der Waals surface area (Å²) in [4.78, 5) is 15.2. The molecule has 0 aliphatic heterocycles. The highest BCUT2D eigenvalue weighted by atomic mass is 28.3. The van der Waals surface area contributed by atoms with Gasteiger partial charge in [0, 0.05) is 6.20 Å². The molecular weight excluding hydrogens is 204 g/mol. The molecule has 1 aromatic heterocycles. The van der Waals surface area contributed by atoms with Gasteiger partial charge >= 0.3 is 0 Å². The van der Waals surface area contributed by atoms with Gasteiger partial charge in [-0.05, 0) is 12.0 Å². The third-order valence-electron chi connectivity index (χ3n) is 3.40. The molecule has 0 aliphatic carbocycles. The summed E-state index contributed by atoms with van der Waals surface area (Å²) in [5.41, 5.74) is 0.918. The molecule has 0 spiro atoms. The first-order valence-electron chi connectivity index (χ1n) is 5.22. The summed E-state index contributed by atoms with van der Waals surface area (Å²) >= 11 is 0. The zero-order chi connectivity index (χ0) is 11.9. The molecule has 0 aromatic carbocycles. The molecule has 0 unspecified atom stereocenters. The normalized spacial score (nSPS) is 12.9. The summed E-state index contributed by atoms with van der Waals surface area (Å²) in [7, 11) is -1.70. The molecule has 0 saturated carbocycles. The van der Waals surface area contributed by atoms with Gasteiger partial charge in [0.25, 0.3) is 0 Å². The molecule has 15 heavy (non-hydrogen) atoms. The summed E-state index contributed by atoms with van der Waals surface area (Å²) in [5, 5.41) is 0.206. The Kier molecular flexibility index (Phi) is 2.91. The van der Waals surface area contributed by atoms with Crippen LogP contribution in [0.4, 0.5) is 0 Å². The zero-order valence-electron chi connectivity index (χ0n) is 10.5. The molecule has 4 heteroatoms. The van der Waals surface area contributed by atoms with Crippen molar-refractivity contribution in [1.82, 2.24) is 9.22 Å². The lowest BCUT2D eigenvalue weighted by atomic mass is 10.2. The van der Waals surface area contributed by atoms with Crippen LogP contribution >= 0.6 is 0 Å². The predicted octanol–water partition coefficient (Wildman–Crippen LogP) is 2.86. The van der Waals surface area contributed by atoms with Crippen LogP contribution < -0.4 is 0 Å². The molecule has 0 bridgehead atoms. The molecule has 1 aromatic rings. The average molecular weight is 224 g/mol. The Bertz CT molecular complexity index is 374. The monoisotopic (exact) mass is 224 g/mol. The van der Waals surface area contributed by atoms with Gasteiger partial charge < -0.3 is 4.23 Å². The van der Waals surface area contributed by atoms with Crippen LogP contribution in [-0.2, 0) is 0 Å². The minimum Gasteiger partial charge on any atom is -0.356 e. The quantitative estimate of drug-likeness (QED) is 0.572. The van der Waals surface area contributed by atoms with Gasteiger partial charge in [0.1, 0.15) is 0 Å². The van der Waals surface area contributed by atoms with Crippen LogP contribution in [0.5, 0.6) is 0 Å². The van der Waals surface area contributed by atoms with Crippen LogP contribution in [0, 0.1) is 6.92 Å². The maximum absolute atomic E-state index is 11.0. The Labute approximate surface area is 92.6 Å². The Balaban J connectivity index is 3.31. The molecule has 0 fully saturated rings. The molecule has 1 heterocycles. The summed E-state index contributed by atoms with van der Waals surface area (Å²) < 4.78 is 2.11. The minimum absolute atomic E-state index is 0.206. The third-order valence-corrected chi connectivity index (χ3v) is 8.63. The molecule has 0 aliphatic rings. The van der Waals surface area contributed by atoms with E-state index in [4.69, 9.17) is 0 Å². The second kappa shape index (κ2) is 3.59. The number of carbonyl (C=O) groups is 1. The van der Waals surface area contributed by atoms with Gasteiger partial charge in [0.15, 0.2) is 20.3 Å². The van der Waals surface area contributed by atoms with E-state index in [2.05, 4.69) is 43.1 Å². The van der Waals surface area contributed by atoms with Crippen molar-refractivity contribution in [1.29, 1.82) is 0 Å². The van der Waals surface area contributed by atoms with Crippen molar-refractivity contribution >= 4 is 14.5 Å². The maximum atomic E-state index is 11.0. The summed E-state index contributed by atoms with van der Waals surface area (Å²) in [6.45, 7) is 13.1. The molecule has 84 valence electrons. The van der Waals surface area contributed by atoms with E-state index in [-0.39, 0.29) is 5.04 Å². The zero-order valence-corrected chi connectivity index (χ0v) is 11.5. The number of imidazole rings is 1. The van der Waals surface area contributed by atoms with Gasteiger partial charge in [-0.2, -0.15) is 0 Å². The van der Waals surface area contributed by atoms with Crippen molar-refractivity contribution in [2.45, 2.75) is 45.8 Å². The standard InChI is InChI=1S/C11H20N2OSi/c1-9-7-13(10(8-14)12-9)15(5,6)11(2,3)4/h7-8H,1-6H3. The minimum atomic E-state index is -1.70. The average Bonchev–Trinajstić information content (AvgIpc) is 2.45. The molecule has 0 N–H and O–H groups in total. The number of aldehydes is 1. The van der Waals surface area contributed by atoms with E-state index in [0.717, 1.165) is 12.0 Å². The van der Waals surface area contributed by atoms with Crippen LogP contribution in [0.25, 0.3) is 0 Å². The Morgan fingerprint density at radius 3 is 2.33 bits per heavy atom. The lowest BCUT2D eigenvalue weighted by Gasteiger charge is -2.38. The Hall–Kier alpha value is -0.903. The molecule has 1 rings (SSSR count). The van der Waals surface area contributed by atoms with Crippen molar-refractivity contribution in [2.75, 3.05) is 0 Å². The number of carbonyl (C=O) groups excluding carboxylic acids is 1. The van der Waals surface area contributed by atoms with Gasteiger partial charge in [0.2, 0.25) is 0 Å². The number of nitrogens with zero attached hydrogens (tertiary/aromatic N) is 2. The number of aryl methyl sites for hydroxylation is 1. The SMILES string of the molecule is Cc1cn([Si](C)(C)C(C)(C)C)c(C=O)n1. The first-order valence-corrected chi connectivity index (χ1v) is 8.16. The van der Waals surface area contributed by atoms with Gasteiger partial charge in [-0.15, -0.1) is 0 Å². The molecule has 0 amide bonds. The Morgan fingerprint density at radius 1 is 1.40 bits per heavy atom. The van der Waals surface area contributed by atoms with E-state index >= 15 is 0 Å². The van der Waals surface area contributed by atoms with Crippen molar-refractivity contribution in [3.63, 3.8) is 0 Å². The summed E-state index contributed by atoms with van der Waals surface area (Å²) in [6, 6.07) is 0. The maximum Gasteiger partial charge on any atom is 0.184 e. The van der Waals surface area contributed by atoms with Gasteiger partial charge in [-0.1, -0.05) is 33.9 Å². The van der Waals surface area contributed by atoms with E-state index in [0.29, 0.717) is 5.82 Å². The lowest BCUT2D eigenvalue weighted by Crippen LogP contribution is -2.46. The second-order valence-corrected chi connectivity index (χ2v) is 10.6. The molecule has 3 nitrogen and oxygen atoms in total. The smallest absolute Gasteiger partial charge is 0.184 e. The van der Waals surface area contributed by atoms with Gasteiger partial charge in [-0.3, -0.25) is 4.79 Å². The van der Waals surface area contributed by atoms with Crippen molar-refractivity contribution in [3.8, 4) is 0 Å². The number of rotatable bonds is 2. The molecule has 0 radical (unpaired) electrons. The third kappa shape index (κ3) is 2.04. The fourth-order valence-electron chi connectivity index (χ4n) is 1.41. The van der Waals surface area contributed by atoms with E-state index in [1.54, 1.807) is 0 Å². The number of hydrogen-bond donors (Lipinski definition) is 0. The second-order valence-electron chi connectivity index (χ2n) is 5.54. The van der Waals surface area contributed by atoms with Crippen molar-refractivity contribution < 1.29 is 4.79 Å². The van der Waals surface area contributed by atoms with Crippen LogP contribution in [0.1, 0.15) is 37.1 Å². The van der Waals surface area contributed by atoms with Crippen LogP contribution in [0.2, 0.25) is 18.1 Å². The molecule has 0 saturated heterocycles. The number of hydrogen-bond acceptors (Lipinski definition) is 2. The van der Waals surface area contributed by atoms with Crippen LogP contribution in [-0.4, -0.2) is 23.7 Å². The predicted molar refractivity (Wildman–Crippen MR) is 64.9 cm³/mol. The van der Waals surface area contributed by atoms with E-state index in [1.165, 1.54) is 0 Å². The largest absolute Gasteiger partial charge is 0.356 e. The van der Waals surface area contributed by atoms with Crippen molar-refractivity contribution in [3.05, 3.63) is 17.7 Å². The molecule has 0 atom stereocenters. The fourth-order valence-corrected chi connectivity index (χ4v) is 3.32. The molecular formula is C11H20N2OSi. The number of aromatic nitrogens is 2. The van der Waals surface area contributed by atoms with E-state index < -0.39 is 8.24 Å². The topological polar surface area (TPSA) is 34.9 Å². The summed E-state index contributed by atoms with van der Waals surface area (Å²) in [6.07, 6.45) is 2.86. The van der Waals surface area contributed by atoms with Gasteiger partial charge in [0.05, 0.1) is 5.69 Å². The van der Waals surface area contributed by atoms with E-state index in [1.807, 2.05) is 13.1 Å². The Morgan fingerprint density at radius 2 is 1.93 bits per heavy atom. The highest BCUT2D eigenvalue weighted by molar-refractivity contribution is 6.78.